The molecule has 2 aliphatic heterocycles. The first kappa shape index (κ1) is 13.0. The summed E-state index contributed by atoms with van der Waals surface area (Å²) in [4.78, 5) is 14.6. The van der Waals surface area contributed by atoms with E-state index in [1.165, 1.54) is 6.07 Å². The number of amides is 1. The van der Waals surface area contributed by atoms with Gasteiger partial charge in [0.05, 0.1) is 4.88 Å². The van der Waals surface area contributed by atoms with E-state index < -0.39 is 10.0 Å². The number of nitrogens with two attached hydrogens (primary N) is 1. The number of thiophene rings is 1. The number of fused-ring (bicyclic) bond motifs is 1. The molecule has 1 amide bonds. The molecule has 2 fully saturated rings. The van der Waals surface area contributed by atoms with Crippen molar-refractivity contribution in [3.05, 3.63) is 17.0 Å². The summed E-state index contributed by atoms with van der Waals surface area (Å²) in [6.07, 6.45) is 0. The lowest BCUT2D eigenvalue weighted by Crippen LogP contribution is -2.31. The maximum Gasteiger partial charge on any atom is 0.263 e. The Morgan fingerprint density at radius 3 is 2.47 bits per heavy atom. The van der Waals surface area contributed by atoms with Crippen molar-refractivity contribution in [2.45, 2.75) is 4.21 Å². The molecule has 104 valence electrons. The summed E-state index contributed by atoms with van der Waals surface area (Å²) in [5.74, 6) is 0.970. The summed E-state index contributed by atoms with van der Waals surface area (Å²) in [5, 5.41) is 8.36. The van der Waals surface area contributed by atoms with Crippen molar-refractivity contribution in [1.82, 2.24) is 10.2 Å². The standard InChI is InChI=1S/C11H15N3O3S2/c12-19(16,17)10-2-1-9(18-10)11(15)14-5-7-3-13-4-8(7)6-14/h1-2,7-8,13H,3-6H2,(H2,12,16,17)/t7-,8+. The molecule has 2 atom stereocenters. The second-order valence-corrected chi connectivity index (χ2v) is 7.92. The number of rotatable bonds is 2. The van der Waals surface area contributed by atoms with Crippen molar-refractivity contribution in [2.75, 3.05) is 26.2 Å². The van der Waals surface area contributed by atoms with Crippen LogP contribution in [0.1, 0.15) is 9.67 Å². The molecule has 1 aromatic rings. The van der Waals surface area contributed by atoms with Crippen LogP contribution in [0.4, 0.5) is 0 Å². The molecule has 3 heterocycles. The number of nitrogens with zero attached hydrogens (tertiary/aromatic N) is 1. The second kappa shape index (κ2) is 4.55. The molecule has 0 aromatic carbocycles. The lowest BCUT2D eigenvalue weighted by molar-refractivity contribution is 0.0786. The highest BCUT2D eigenvalue weighted by Gasteiger charge is 2.38. The molecule has 0 unspecified atom stereocenters. The van der Waals surface area contributed by atoms with Gasteiger partial charge in [0.1, 0.15) is 4.21 Å². The first-order valence-electron chi connectivity index (χ1n) is 6.08. The van der Waals surface area contributed by atoms with E-state index in [9.17, 15) is 13.2 Å². The highest BCUT2D eigenvalue weighted by Crippen LogP contribution is 2.29. The minimum Gasteiger partial charge on any atom is -0.337 e. The maximum absolute atomic E-state index is 12.3. The largest absolute Gasteiger partial charge is 0.337 e. The smallest absolute Gasteiger partial charge is 0.263 e. The number of hydrogen-bond donors (Lipinski definition) is 2. The number of nitrogens with one attached hydrogen (secondary N) is 1. The first-order valence-corrected chi connectivity index (χ1v) is 8.44. The molecule has 3 N–H and O–H groups in total. The zero-order valence-electron chi connectivity index (χ0n) is 10.2. The highest BCUT2D eigenvalue weighted by molar-refractivity contribution is 7.91. The normalized spacial score (nSPS) is 26.7. The van der Waals surface area contributed by atoms with Gasteiger partial charge in [-0.25, -0.2) is 13.6 Å². The zero-order chi connectivity index (χ0) is 13.6. The van der Waals surface area contributed by atoms with E-state index >= 15 is 0 Å². The molecule has 1 aromatic heterocycles. The van der Waals surface area contributed by atoms with E-state index in [0.29, 0.717) is 16.7 Å². The van der Waals surface area contributed by atoms with Crippen LogP contribution in [0.25, 0.3) is 0 Å². The summed E-state index contributed by atoms with van der Waals surface area (Å²) in [6, 6.07) is 2.94. The van der Waals surface area contributed by atoms with Crippen LogP contribution in [-0.4, -0.2) is 45.4 Å². The molecular weight excluding hydrogens is 286 g/mol. The van der Waals surface area contributed by atoms with Crippen molar-refractivity contribution in [1.29, 1.82) is 0 Å². The number of carbonyl (C=O) groups excluding carboxylic acids is 1. The fourth-order valence-electron chi connectivity index (χ4n) is 2.77. The Morgan fingerprint density at radius 2 is 1.95 bits per heavy atom. The van der Waals surface area contributed by atoms with Crippen molar-refractivity contribution < 1.29 is 13.2 Å². The fraction of sp³-hybridized carbons (Fsp3) is 0.545. The molecule has 6 nitrogen and oxygen atoms in total. The third-order valence-electron chi connectivity index (χ3n) is 3.75. The summed E-state index contributed by atoms with van der Waals surface area (Å²) in [7, 11) is -3.72. The molecular formula is C11H15N3O3S2. The van der Waals surface area contributed by atoms with Crippen LogP contribution < -0.4 is 10.5 Å². The molecule has 3 rings (SSSR count). The number of carbonyl (C=O) groups is 1. The summed E-state index contributed by atoms with van der Waals surface area (Å²) >= 11 is 0.943. The fourth-order valence-corrected chi connectivity index (χ4v) is 4.46. The predicted molar refractivity (Wildman–Crippen MR) is 71.4 cm³/mol. The Morgan fingerprint density at radius 1 is 1.32 bits per heavy atom. The average molecular weight is 301 g/mol. The minimum atomic E-state index is -3.72. The highest BCUT2D eigenvalue weighted by atomic mass is 32.2. The van der Waals surface area contributed by atoms with Gasteiger partial charge in [0, 0.05) is 26.2 Å². The van der Waals surface area contributed by atoms with Crippen molar-refractivity contribution >= 4 is 27.3 Å². The molecule has 0 bridgehead atoms. The van der Waals surface area contributed by atoms with Gasteiger partial charge in [0.2, 0.25) is 10.0 Å². The lowest BCUT2D eigenvalue weighted by Gasteiger charge is -2.16. The number of sulfonamides is 1. The first-order chi connectivity index (χ1) is 8.95. The van der Waals surface area contributed by atoms with Crippen LogP contribution in [0.2, 0.25) is 0 Å². The van der Waals surface area contributed by atoms with E-state index in [4.69, 9.17) is 5.14 Å². The monoisotopic (exact) mass is 301 g/mol. The van der Waals surface area contributed by atoms with Crippen LogP contribution in [0.15, 0.2) is 16.3 Å². The molecule has 2 aliphatic rings. The van der Waals surface area contributed by atoms with Crippen LogP contribution in [0.3, 0.4) is 0 Å². The van der Waals surface area contributed by atoms with Gasteiger partial charge in [0.25, 0.3) is 5.91 Å². The average Bonchev–Trinajstić information content (AvgIpc) is 3.01. The third kappa shape index (κ3) is 2.40. The zero-order valence-corrected chi connectivity index (χ0v) is 11.8. The third-order valence-corrected chi connectivity index (χ3v) is 6.26. The molecule has 0 spiro atoms. The van der Waals surface area contributed by atoms with E-state index in [2.05, 4.69) is 5.32 Å². The molecule has 2 saturated heterocycles. The van der Waals surface area contributed by atoms with Crippen molar-refractivity contribution in [3.8, 4) is 0 Å². The quantitative estimate of drug-likeness (QED) is 0.783. The Balaban J connectivity index is 1.76. The van der Waals surface area contributed by atoms with Gasteiger partial charge in [-0.1, -0.05) is 0 Å². The van der Waals surface area contributed by atoms with Gasteiger partial charge in [-0.3, -0.25) is 4.79 Å². The van der Waals surface area contributed by atoms with Gasteiger partial charge in [-0.15, -0.1) is 11.3 Å². The molecule has 19 heavy (non-hydrogen) atoms. The Bertz CT molecular complexity index is 598. The van der Waals surface area contributed by atoms with Gasteiger partial charge in [-0.2, -0.15) is 0 Å². The van der Waals surface area contributed by atoms with E-state index in [1.54, 1.807) is 6.07 Å². The Labute approximate surface area is 115 Å². The van der Waals surface area contributed by atoms with E-state index in [0.717, 1.165) is 37.5 Å². The van der Waals surface area contributed by atoms with E-state index in [-0.39, 0.29) is 10.1 Å². The van der Waals surface area contributed by atoms with Gasteiger partial charge in [-0.05, 0) is 24.0 Å². The van der Waals surface area contributed by atoms with Crippen LogP contribution in [0, 0.1) is 11.8 Å². The van der Waals surface area contributed by atoms with Crippen molar-refractivity contribution in [2.24, 2.45) is 17.0 Å². The summed E-state index contributed by atoms with van der Waals surface area (Å²) in [6.45, 7) is 3.42. The number of hydrogen-bond acceptors (Lipinski definition) is 5. The topological polar surface area (TPSA) is 92.5 Å². The Kier molecular flexibility index (Phi) is 3.12. The van der Waals surface area contributed by atoms with E-state index in [1.807, 2.05) is 4.90 Å². The maximum atomic E-state index is 12.3. The predicted octanol–water partition coefficient (Wildman–Crippen LogP) is -0.313. The van der Waals surface area contributed by atoms with Gasteiger partial charge >= 0.3 is 0 Å². The molecule has 0 radical (unpaired) electrons. The lowest BCUT2D eigenvalue weighted by atomic mass is 10.0. The SMILES string of the molecule is NS(=O)(=O)c1ccc(C(=O)N2C[C@H]3CNC[C@H]3C2)s1. The minimum absolute atomic E-state index is 0.0388. The van der Waals surface area contributed by atoms with Crippen molar-refractivity contribution in [3.63, 3.8) is 0 Å². The van der Waals surface area contributed by atoms with Gasteiger partial charge < -0.3 is 10.2 Å². The number of primary sulfonamides is 1. The van der Waals surface area contributed by atoms with Crippen LogP contribution in [0.5, 0.6) is 0 Å². The van der Waals surface area contributed by atoms with Crippen LogP contribution in [-0.2, 0) is 10.0 Å². The molecule has 0 saturated carbocycles. The second-order valence-electron chi connectivity index (χ2n) is 5.05. The summed E-state index contributed by atoms with van der Waals surface area (Å²) < 4.78 is 22.4. The van der Waals surface area contributed by atoms with Gasteiger partial charge in [0.15, 0.2) is 0 Å². The molecule has 0 aliphatic carbocycles. The number of likely N-dealkylation sites (tertiary alicyclic amines) is 1. The summed E-state index contributed by atoms with van der Waals surface area (Å²) in [5.41, 5.74) is 0. The van der Waals surface area contributed by atoms with Crippen LogP contribution >= 0.6 is 11.3 Å². The Hall–Kier alpha value is -0.960. The molecule has 8 heteroatoms.